The van der Waals surface area contributed by atoms with Crippen LogP contribution in [0.15, 0.2) is 59.9 Å². The Bertz CT molecular complexity index is 771. The van der Waals surface area contributed by atoms with E-state index in [4.69, 9.17) is 21.6 Å². The lowest BCUT2D eigenvalue weighted by molar-refractivity contribution is -0.112. The Morgan fingerprint density at radius 2 is 1.65 bits per heavy atom. The molecule has 0 atom stereocenters. The van der Waals surface area contributed by atoms with E-state index in [1.54, 1.807) is 54.6 Å². The highest BCUT2D eigenvalue weighted by molar-refractivity contribution is 6.30. The summed E-state index contributed by atoms with van der Waals surface area (Å²) in [5, 5.41) is 21.2. The van der Waals surface area contributed by atoms with E-state index in [0.717, 1.165) is 0 Å². The van der Waals surface area contributed by atoms with Gasteiger partial charge in [-0.05, 0) is 55.5 Å². The first-order valence-corrected chi connectivity index (χ1v) is 7.02. The Labute approximate surface area is 138 Å². The van der Waals surface area contributed by atoms with Crippen molar-refractivity contribution in [1.29, 1.82) is 5.26 Å². The number of nitriles is 1. The van der Waals surface area contributed by atoms with Crippen LogP contribution in [0, 0.1) is 11.3 Å². The van der Waals surface area contributed by atoms with Crippen LogP contribution in [0.2, 0.25) is 5.02 Å². The molecule has 0 bridgehead atoms. The number of halogens is 1. The first kappa shape index (κ1) is 16.4. The minimum atomic E-state index is -0.668. The molecule has 0 radical (unpaired) electrons. The zero-order valence-corrected chi connectivity index (χ0v) is 13.0. The van der Waals surface area contributed by atoms with Gasteiger partial charge in [-0.2, -0.15) is 5.26 Å². The lowest BCUT2D eigenvalue weighted by Gasteiger charge is -2.08. The average Bonchev–Trinajstić information content (AvgIpc) is 2.52. The number of nitrogens with zero attached hydrogens (tertiary/aromatic N) is 1. The quantitative estimate of drug-likeness (QED) is 0.494. The molecule has 0 aliphatic carbocycles. The van der Waals surface area contributed by atoms with Gasteiger partial charge >= 0.3 is 0 Å². The fraction of sp³-hybridized carbons (Fsp3) is 0.0588. The minimum absolute atomic E-state index is 0.326. The Balaban J connectivity index is 2.05. The molecule has 1 amide bonds. The van der Waals surface area contributed by atoms with Gasteiger partial charge in [-0.1, -0.05) is 11.6 Å². The maximum atomic E-state index is 11.8. The topological polar surface area (TPSA) is 82.3 Å². The van der Waals surface area contributed by atoms with Crippen molar-refractivity contribution in [2.75, 3.05) is 5.32 Å². The van der Waals surface area contributed by atoms with Crippen molar-refractivity contribution in [3.63, 3.8) is 0 Å². The van der Waals surface area contributed by atoms with Gasteiger partial charge in [0.1, 0.15) is 23.3 Å². The lowest BCUT2D eigenvalue weighted by atomic mass is 10.2. The van der Waals surface area contributed by atoms with E-state index in [0.29, 0.717) is 22.2 Å². The predicted molar refractivity (Wildman–Crippen MR) is 87.5 cm³/mol. The van der Waals surface area contributed by atoms with Gasteiger partial charge < -0.3 is 15.2 Å². The third kappa shape index (κ3) is 4.50. The molecule has 23 heavy (non-hydrogen) atoms. The number of ether oxygens (including phenoxy) is 1. The zero-order valence-electron chi connectivity index (χ0n) is 12.2. The monoisotopic (exact) mass is 328 g/mol. The Kier molecular flexibility index (Phi) is 5.23. The Morgan fingerprint density at radius 1 is 1.13 bits per heavy atom. The van der Waals surface area contributed by atoms with Crippen LogP contribution in [0.25, 0.3) is 0 Å². The lowest BCUT2D eigenvalue weighted by Crippen LogP contribution is -2.14. The number of allylic oxidation sites excluding steroid dienone is 1. The number of carbonyl (C=O) groups excluding carboxylic acids is 1. The van der Waals surface area contributed by atoms with E-state index in [1.807, 2.05) is 0 Å². The minimum Gasteiger partial charge on any atom is -0.511 e. The summed E-state index contributed by atoms with van der Waals surface area (Å²) in [5.41, 5.74) is 0.152. The van der Waals surface area contributed by atoms with Crippen LogP contribution >= 0.6 is 11.6 Å². The number of amides is 1. The van der Waals surface area contributed by atoms with Crippen molar-refractivity contribution in [3.05, 3.63) is 64.9 Å². The number of nitrogens with one attached hydrogen (secondary N) is 1. The Hall–Kier alpha value is -2.97. The largest absolute Gasteiger partial charge is 0.511 e. The first-order valence-electron chi connectivity index (χ1n) is 6.64. The third-order valence-corrected chi connectivity index (χ3v) is 3.11. The highest BCUT2D eigenvalue weighted by Gasteiger charge is 2.12. The van der Waals surface area contributed by atoms with Crippen LogP contribution in [0.4, 0.5) is 5.69 Å². The van der Waals surface area contributed by atoms with Gasteiger partial charge in [-0.25, -0.2) is 0 Å². The van der Waals surface area contributed by atoms with Crippen LogP contribution in [-0.2, 0) is 4.79 Å². The van der Waals surface area contributed by atoms with Gasteiger partial charge in [0, 0.05) is 10.7 Å². The first-order chi connectivity index (χ1) is 11.0. The maximum absolute atomic E-state index is 11.8. The summed E-state index contributed by atoms with van der Waals surface area (Å²) in [6, 6.07) is 15.2. The van der Waals surface area contributed by atoms with Crippen molar-refractivity contribution in [1.82, 2.24) is 0 Å². The maximum Gasteiger partial charge on any atom is 0.269 e. The highest BCUT2D eigenvalue weighted by atomic mass is 35.5. The summed E-state index contributed by atoms with van der Waals surface area (Å²) in [5.74, 6) is 0.225. The SMILES string of the molecule is CC(O)=C(C#N)C(=O)Nc1ccc(Oc2ccc(Cl)cc2)cc1. The molecule has 0 heterocycles. The molecule has 2 aromatic carbocycles. The molecular weight excluding hydrogens is 316 g/mol. The van der Waals surface area contributed by atoms with Gasteiger partial charge in [0.05, 0.1) is 0 Å². The molecule has 0 spiro atoms. The summed E-state index contributed by atoms with van der Waals surface area (Å²) in [7, 11) is 0. The molecule has 0 saturated heterocycles. The molecule has 0 aromatic heterocycles. The molecular formula is C17H13ClN2O3. The summed E-state index contributed by atoms with van der Waals surface area (Å²) in [6.07, 6.45) is 0. The van der Waals surface area contributed by atoms with E-state index >= 15 is 0 Å². The van der Waals surface area contributed by atoms with Crippen molar-refractivity contribution in [3.8, 4) is 17.6 Å². The van der Waals surface area contributed by atoms with Crippen molar-refractivity contribution in [2.45, 2.75) is 6.92 Å². The Morgan fingerprint density at radius 3 is 2.13 bits per heavy atom. The van der Waals surface area contributed by atoms with E-state index in [1.165, 1.54) is 6.92 Å². The van der Waals surface area contributed by atoms with Gasteiger partial charge in [-0.3, -0.25) is 4.79 Å². The average molecular weight is 329 g/mol. The van der Waals surface area contributed by atoms with Crippen LogP contribution in [0.3, 0.4) is 0 Å². The fourth-order valence-corrected chi connectivity index (χ4v) is 1.86. The molecule has 0 fully saturated rings. The standard InChI is InChI=1S/C17H13ClN2O3/c1-11(21)16(10-19)17(22)20-13-4-8-15(9-5-13)23-14-6-2-12(18)3-7-14/h2-9,21H,1H3,(H,20,22). The number of hydrogen-bond donors (Lipinski definition) is 2. The second-order valence-electron chi connectivity index (χ2n) is 4.61. The van der Waals surface area contributed by atoms with E-state index < -0.39 is 5.91 Å². The zero-order chi connectivity index (χ0) is 16.8. The normalized spacial score (nSPS) is 11.2. The van der Waals surface area contributed by atoms with Gasteiger partial charge in [0.2, 0.25) is 0 Å². The molecule has 2 N–H and O–H groups in total. The van der Waals surface area contributed by atoms with Crippen molar-refractivity contribution >= 4 is 23.2 Å². The number of anilines is 1. The highest BCUT2D eigenvalue weighted by Crippen LogP contribution is 2.24. The molecule has 0 unspecified atom stereocenters. The van der Waals surface area contributed by atoms with Crippen molar-refractivity contribution < 1.29 is 14.6 Å². The van der Waals surface area contributed by atoms with Crippen LogP contribution < -0.4 is 10.1 Å². The van der Waals surface area contributed by atoms with Gasteiger partial charge in [0.25, 0.3) is 5.91 Å². The summed E-state index contributed by atoms with van der Waals surface area (Å²) in [6.45, 7) is 1.28. The van der Waals surface area contributed by atoms with Gasteiger partial charge in [0.15, 0.2) is 5.57 Å². The summed E-state index contributed by atoms with van der Waals surface area (Å²) < 4.78 is 5.63. The smallest absolute Gasteiger partial charge is 0.269 e. The van der Waals surface area contributed by atoms with Crippen LogP contribution in [-0.4, -0.2) is 11.0 Å². The summed E-state index contributed by atoms with van der Waals surface area (Å²) in [4.78, 5) is 11.8. The van der Waals surface area contributed by atoms with Gasteiger partial charge in [-0.15, -0.1) is 0 Å². The van der Waals surface area contributed by atoms with E-state index in [2.05, 4.69) is 5.32 Å². The molecule has 2 aromatic rings. The number of benzene rings is 2. The number of carbonyl (C=O) groups is 1. The molecule has 0 aliphatic heterocycles. The molecule has 6 heteroatoms. The molecule has 116 valence electrons. The van der Waals surface area contributed by atoms with Crippen LogP contribution in [0.1, 0.15) is 6.92 Å². The second-order valence-corrected chi connectivity index (χ2v) is 5.04. The van der Waals surface area contributed by atoms with Crippen LogP contribution in [0.5, 0.6) is 11.5 Å². The fourth-order valence-electron chi connectivity index (χ4n) is 1.73. The number of aliphatic hydroxyl groups excluding tert-OH is 1. The molecule has 2 rings (SSSR count). The molecule has 0 saturated carbocycles. The van der Waals surface area contributed by atoms with E-state index in [-0.39, 0.29) is 11.3 Å². The second kappa shape index (κ2) is 7.34. The van der Waals surface area contributed by atoms with E-state index in [9.17, 15) is 9.90 Å². The number of hydrogen-bond acceptors (Lipinski definition) is 4. The molecule has 5 nitrogen and oxygen atoms in total. The third-order valence-electron chi connectivity index (χ3n) is 2.86. The predicted octanol–water partition coefficient (Wildman–Crippen LogP) is 4.43. The number of rotatable bonds is 4. The summed E-state index contributed by atoms with van der Waals surface area (Å²) >= 11 is 5.80. The number of aliphatic hydroxyl groups is 1. The molecule has 0 aliphatic rings. The van der Waals surface area contributed by atoms with Crippen molar-refractivity contribution in [2.24, 2.45) is 0 Å².